The fourth-order valence-electron chi connectivity index (χ4n) is 4.00. The van der Waals surface area contributed by atoms with Crippen molar-refractivity contribution in [2.75, 3.05) is 25.0 Å². The number of carbonyl (C=O) groups excluding carboxylic acids is 2. The highest BCUT2D eigenvalue weighted by atomic mass is 79.9. The van der Waals surface area contributed by atoms with E-state index in [-0.39, 0.29) is 30.3 Å². The lowest BCUT2D eigenvalue weighted by Gasteiger charge is -2.30. The molecule has 2 heterocycles. The van der Waals surface area contributed by atoms with Crippen LogP contribution in [0.3, 0.4) is 0 Å². The van der Waals surface area contributed by atoms with E-state index in [9.17, 15) is 9.59 Å². The third kappa shape index (κ3) is 3.98. The van der Waals surface area contributed by atoms with Gasteiger partial charge in [0.1, 0.15) is 0 Å². The monoisotopic (exact) mass is 442 g/mol. The highest BCUT2D eigenvalue weighted by Gasteiger charge is 2.37. The molecule has 2 unspecified atom stereocenters. The van der Waals surface area contributed by atoms with Gasteiger partial charge in [-0.15, -0.1) is 0 Å². The number of rotatable bonds is 4. The number of amides is 2. The molecule has 2 aliphatic rings. The van der Waals surface area contributed by atoms with Crippen LogP contribution in [0.2, 0.25) is 0 Å². The lowest BCUT2D eigenvalue weighted by atomic mass is 9.98. The summed E-state index contributed by atoms with van der Waals surface area (Å²) in [5.41, 5.74) is 3.33. The number of ether oxygens (including phenoxy) is 1. The highest BCUT2D eigenvalue weighted by molar-refractivity contribution is 9.10. The van der Waals surface area contributed by atoms with Gasteiger partial charge in [-0.1, -0.05) is 46.3 Å². The third-order valence-electron chi connectivity index (χ3n) is 5.49. The highest BCUT2D eigenvalue weighted by Crippen LogP contribution is 2.28. The Morgan fingerprint density at radius 1 is 1.18 bits per heavy atom. The van der Waals surface area contributed by atoms with Crippen LogP contribution in [0.25, 0.3) is 0 Å². The van der Waals surface area contributed by atoms with Crippen molar-refractivity contribution in [3.8, 4) is 0 Å². The maximum Gasteiger partial charge on any atom is 0.227 e. The standard InChI is InChI=1S/C22H23BrN2O3/c1-24(13-20-9-15-5-2-3-6-16(15)14-28-20)22(27)17-10-21(26)25(12-17)19-8-4-7-18(23)11-19/h2-8,11,17,20H,9-10,12-14H2,1H3. The van der Waals surface area contributed by atoms with Crippen molar-refractivity contribution in [2.24, 2.45) is 5.92 Å². The van der Waals surface area contributed by atoms with Gasteiger partial charge >= 0.3 is 0 Å². The van der Waals surface area contributed by atoms with E-state index in [2.05, 4.69) is 28.1 Å². The first-order valence-corrected chi connectivity index (χ1v) is 10.3. The smallest absolute Gasteiger partial charge is 0.227 e. The number of carbonyl (C=O) groups is 2. The van der Waals surface area contributed by atoms with Crippen molar-refractivity contribution in [2.45, 2.75) is 25.6 Å². The molecule has 5 nitrogen and oxygen atoms in total. The maximum absolute atomic E-state index is 12.9. The topological polar surface area (TPSA) is 49.9 Å². The quantitative estimate of drug-likeness (QED) is 0.728. The first kappa shape index (κ1) is 19.2. The van der Waals surface area contributed by atoms with Crippen molar-refractivity contribution in [1.82, 2.24) is 4.90 Å². The molecule has 0 radical (unpaired) electrons. The molecule has 0 saturated carbocycles. The molecule has 2 aliphatic heterocycles. The second kappa shape index (κ2) is 8.05. The zero-order chi connectivity index (χ0) is 19.7. The average Bonchev–Trinajstić information content (AvgIpc) is 3.09. The van der Waals surface area contributed by atoms with Crippen LogP contribution in [-0.2, 0) is 27.4 Å². The van der Waals surface area contributed by atoms with E-state index in [1.807, 2.05) is 36.4 Å². The van der Waals surface area contributed by atoms with Gasteiger partial charge in [0.2, 0.25) is 11.8 Å². The first-order valence-electron chi connectivity index (χ1n) is 9.50. The number of likely N-dealkylation sites (N-methyl/N-ethyl adjacent to an activating group) is 1. The number of benzene rings is 2. The number of halogens is 1. The Kier molecular flexibility index (Phi) is 5.51. The Hall–Kier alpha value is -2.18. The molecule has 0 aromatic heterocycles. The predicted octanol–water partition coefficient (Wildman–Crippen LogP) is 3.40. The summed E-state index contributed by atoms with van der Waals surface area (Å²) in [6, 6.07) is 15.9. The van der Waals surface area contributed by atoms with E-state index in [0.29, 0.717) is 19.7 Å². The Balaban J connectivity index is 1.37. The molecule has 2 aromatic rings. The summed E-state index contributed by atoms with van der Waals surface area (Å²) >= 11 is 3.44. The molecule has 2 aromatic carbocycles. The molecule has 0 bridgehead atoms. The zero-order valence-corrected chi connectivity index (χ0v) is 17.4. The van der Waals surface area contributed by atoms with E-state index in [1.165, 1.54) is 11.1 Å². The molecule has 1 saturated heterocycles. The van der Waals surface area contributed by atoms with Gasteiger partial charge in [-0.05, 0) is 29.3 Å². The Morgan fingerprint density at radius 2 is 1.96 bits per heavy atom. The van der Waals surface area contributed by atoms with Crippen LogP contribution >= 0.6 is 15.9 Å². The largest absolute Gasteiger partial charge is 0.371 e. The predicted molar refractivity (Wildman–Crippen MR) is 111 cm³/mol. The number of fused-ring (bicyclic) bond motifs is 1. The average molecular weight is 443 g/mol. The molecule has 28 heavy (non-hydrogen) atoms. The lowest BCUT2D eigenvalue weighted by molar-refractivity contribution is -0.136. The summed E-state index contributed by atoms with van der Waals surface area (Å²) in [4.78, 5) is 28.8. The lowest BCUT2D eigenvalue weighted by Crippen LogP contribution is -2.41. The minimum atomic E-state index is -0.313. The van der Waals surface area contributed by atoms with Gasteiger partial charge in [0.15, 0.2) is 0 Å². The maximum atomic E-state index is 12.9. The molecule has 6 heteroatoms. The van der Waals surface area contributed by atoms with Crippen molar-refractivity contribution in [3.05, 3.63) is 64.1 Å². The van der Waals surface area contributed by atoms with Crippen LogP contribution in [-0.4, -0.2) is 43.0 Å². The van der Waals surface area contributed by atoms with Crippen LogP contribution in [0.1, 0.15) is 17.5 Å². The van der Waals surface area contributed by atoms with E-state index >= 15 is 0 Å². The van der Waals surface area contributed by atoms with Crippen LogP contribution in [0.15, 0.2) is 53.0 Å². The summed E-state index contributed by atoms with van der Waals surface area (Å²) in [6.45, 7) is 1.54. The van der Waals surface area contributed by atoms with Crippen molar-refractivity contribution in [1.29, 1.82) is 0 Å². The molecule has 146 valence electrons. The van der Waals surface area contributed by atoms with Gasteiger partial charge in [-0.3, -0.25) is 9.59 Å². The van der Waals surface area contributed by atoms with E-state index in [0.717, 1.165) is 16.6 Å². The third-order valence-corrected chi connectivity index (χ3v) is 5.98. The van der Waals surface area contributed by atoms with Gasteiger partial charge in [-0.25, -0.2) is 0 Å². The molecular weight excluding hydrogens is 420 g/mol. The van der Waals surface area contributed by atoms with Crippen molar-refractivity contribution >= 4 is 33.4 Å². The number of hydrogen-bond donors (Lipinski definition) is 0. The Bertz CT molecular complexity index is 901. The number of hydrogen-bond acceptors (Lipinski definition) is 3. The minimum absolute atomic E-state index is 0.00677. The summed E-state index contributed by atoms with van der Waals surface area (Å²) < 4.78 is 6.85. The summed E-state index contributed by atoms with van der Waals surface area (Å²) in [5.74, 6) is -0.312. The summed E-state index contributed by atoms with van der Waals surface area (Å²) in [5, 5.41) is 0. The fourth-order valence-corrected chi connectivity index (χ4v) is 4.39. The van der Waals surface area contributed by atoms with Crippen LogP contribution in [0.4, 0.5) is 5.69 Å². The van der Waals surface area contributed by atoms with Crippen molar-refractivity contribution in [3.63, 3.8) is 0 Å². The second-order valence-electron chi connectivity index (χ2n) is 7.51. The number of anilines is 1. The molecule has 0 spiro atoms. The van der Waals surface area contributed by atoms with Gasteiger partial charge in [0.25, 0.3) is 0 Å². The molecular formula is C22H23BrN2O3. The van der Waals surface area contributed by atoms with E-state index < -0.39 is 0 Å². The molecule has 0 aliphatic carbocycles. The van der Waals surface area contributed by atoms with Crippen LogP contribution in [0.5, 0.6) is 0 Å². The van der Waals surface area contributed by atoms with Gasteiger partial charge in [-0.2, -0.15) is 0 Å². The van der Waals surface area contributed by atoms with Gasteiger partial charge < -0.3 is 14.5 Å². The van der Waals surface area contributed by atoms with Gasteiger partial charge in [0, 0.05) is 43.1 Å². The summed E-state index contributed by atoms with van der Waals surface area (Å²) in [6.07, 6.45) is 1.05. The second-order valence-corrected chi connectivity index (χ2v) is 8.43. The van der Waals surface area contributed by atoms with E-state index in [4.69, 9.17) is 4.74 Å². The summed E-state index contributed by atoms with van der Waals surface area (Å²) in [7, 11) is 1.80. The van der Waals surface area contributed by atoms with E-state index in [1.54, 1.807) is 16.8 Å². The van der Waals surface area contributed by atoms with Crippen LogP contribution < -0.4 is 4.90 Å². The molecule has 1 fully saturated rings. The zero-order valence-electron chi connectivity index (χ0n) is 15.8. The Morgan fingerprint density at radius 3 is 2.75 bits per heavy atom. The number of nitrogens with zero attached hydrogens (tertiary/aromatic N) is 2. The molecule has 0 N–H and O–H groups in total. The Labute approximate surface area is 173 Å². The normalized spacial score (nSPS) is 21.5. The van der Waals surface area contributed by atoms with Gasteiger partial charge in [0.05, 0.1) is 18.6 Å². The fraction of sp³-hybridized carbons (Fsp3) is 0.364. The SMILES string of the molecule is CN(CC1Cc2ccccc2CO1)C(=O)C1CC(=O)N(c2cccc(Br)c2)C1. The molecule has 4 rings (SSSR count). The minimum Gasteiger partial charge on any atom is -0.371 e. The molecule has 2 atom stereocenters. The van der Waals surface area contributed by atoms with Crippen molar-refractivity contribution < 1.29 is 14.3 Å². The first-order chi connectivity index (χ1) is 13.5. The molecule has 2 amide bonds. The van der Waals surface area contributed by atoms with Crippen LogP contribution in [0, 0.1) is 5.92 Å².